The summed E-state index contributed by atoms with van der Waals surface area (Å²) in [6.07, 6.45) is 11.0. The maximum atomic E-state index is 11.4. The standard InChI is InChI=1S/C17H23NO2/c1-2-15-14(16(19)20)3-4-18(15)17-8-11-5-12(9-17)7-13(6-11)10-17/h3-4,11-13H,2,5-10H2,1H3,(H,19,20). The van der Waals surface area contributed by atoms with Crippen molar-refractivity contribution in [3.8, 4) is 0 Å². The number of carboxylic acid groups (broad SMARTS) is 1. The van der Waals surface area contributed by atoms with Gasteiger partial charge in [-0.15, -0.1) is 0 Å². The van der Waals surface area contributed by atoms with E-state index in [0.29, 0.717) is 5.56 Å². The molecule has 4 fully saturated rings. The molecule has 1 heterocycles. The molecule has 0 atom stereocenters. The third-order valence-electron chi connectivity index (χ3n) is 6.07. The van der Waals surface area contributed by atoms with E-state index in [1.165, 1.54) is 38.5 Å². The Labute approximate surface area is 120 Å². The van der Waals surface area contributed by atoms with Gasteiger partial charge in [0.2, 0.25) is 0 Å². The zero-order chi connectivity index (χ0) is 13.9. The molecule has 1 aromatic rings. The van der Waals surface area contributed by atoms with Crippen LogP contribution in [0.3, 0.4) is 0 Å². The van der Waals surface area contributed by atoms with Gasteiger partial charge in [-0.25, -0.2) is 4.79 Å². The van der Waals surface area contributed by atoms with Crippen molar-refractivity contribution in [2.75, 3.05) is 0 Å². The highest BCUT2D eigenvalue weighted by atomic mass is 16.4. The Bertz CT molecular complexity index is 522. The number of carboxylic acids is 1. The number of rotatable bonds is 3. The van der Waals surface area contributed by atoms with Crippen LogP contribution in [0.5, 0.6) is 0 Å². The molecule has 4 aliphatic rings. The summed E-state index contributed by atoms with van der Waals surface area (Å²) in [5, 5.41) is 9.38. The first-order chi connectivity index (χ1) is 9.61. The molecule has 0 radical (unpaired) electrons. The average Bonchev–Trinajstić information content (AvgIpc) is 2.81. The van der Waals surface area contributed by atoms with Crippen LogP contribution in [0.1, 0.15) is 61.5 Å². The quantitative estimate of drug-likeness (QED) is 0.913. The predicted octanol–water partition coefficient (Wildman–Crippen LogP) is 3.67. The molecule has 5 rings (SSSR count). The van der Waals surface area contributed by atoms with E-state index in [2.05, 4.69) is 17.7 Å². The van der Waals surface area contributed by atoms with Gasteiger partial charge >= 0.3 is 5.97 Å². The molecule has 0 aromatic carbocycles. The zero-order valence-electron chi connectivity index (χ0n) is 12.1. The summed E-state index contributed by atoms with van der Waals surface area (Å²) < 4.78 is 2.38. The summed E-state index contributed by atoms with van der Waals surface area (Å²) in [5.41, 5.74) is 1.80. The monoisotopic (exact) mass is 273 g/mol. The number of carbonyl (C=O) groups is 1. The second-order valence-electron chi connectivity index (χ2n) is 7.35. The van der Waals surface area contributed by atoms with Crippen molar-refractivity contribution in [2.45, 2.75) is 57.4 Å². The first kappa shape index (κ1) is 12.5. The molecule has 4 saturated carbocycles. The Morgan fingerprint density at radius 3 is 2.25 bits per heavy atom. The highest BCUT2D eigenvalue weighted by Crippen LogP contribution is 2.59. The number of hydrogen-bond donors (Lipinski definition) is 1. The molecule has 1 N–H and O–H groups in total. The summed E-state index contributed by atoms with van der Waals surface area (Å²) in [7, 11) is 0. The number of hydrogen-bond acceptors (Lipinski definition) is 1. The van der Waals surface area contributed by atoms with Gasteiger partial charge in [-0.1, -0.05) is 6.92 Å². The molecule has 4 aliphatic carbocycles. The van der Waals surface area contributed by atoms with E-state index < -0.39 is 5.97 Å². The lowest BCUT2D eigenvalue weighted by atomic mass is 9.53. The molecular formula is C17H23NO2. The predicted molar refractivity (Wildman–Crippen MR) is 76.9 cm³/mol. The Kier molecular flexibility index (Phi) is 2.57. The van der Waals surface area contributed by atoms with Gasteiger partial charge in [-0.2, -0.15) is 0 Å². The van der Waals surface area contributed by atoms with Gasteiger partial charge in [0.05, 0.1) is 5.56 Å². The molecule has 1 aromatic heterocycles. The molecule has 0 spiro atoms. The van der Waals surface area contributed by atoms with Gasteiger partial charge < -0.3 is 9.67 Å². The Morgan fingerprint density at radius 2 is 1.80 bits per heavy atom. The molecule has 0 aliphatic heterocycles. The Balaban J connectivity index is 1.79. The molecule has 108 valence electrons. The fraction of sp³-hybridized carbons (Fsp3) is 0.706. The second kappa shape index (κ2) is 4.12. The lowest BCUT2D eigenvalue weighted by molar-refractivity contribution is -0.0441. The third-order valence-corrected chi connectivity index (χ3v) is 6.07. The van der Waals surface area contributed by atoms with E-state index in [9.17, 15) is 9.90 Å². The Morgan fingerprint density at radius 1 is 1.25 bits per heavy atom. The third kappa shape index (κ3) is 1.61. The maximum Gasteiger partial charge on any atom is 0.337 e. The minimum atomic E-state index is -0.773. The molecule has 20 heavy (non-hydrogen) atoms. The summed E-state index contributed by atoms with van der Waals surface area (Å²) in [6, 6.07) is 1.82. The van der Waals surface area contributed by atoms with Crippen molar-refractivity contribution >= 4 is 5.97 Å². The summed E-state index contributed by atoms with van der Waals surface area (Å²) >= 11 is 0. The average molecular weight is 273 g/mol. The van der Waals surface area contributed by atoms with Crippen LogP contribution in [0.4, 0.5) is 0 Å². The van der Waals surface area contributed by atoms with Crippen molar-refractivity contribution < 1.29 is 9.90 Å². The van der Waals surface area contributed by atoms with E-state index in [1.807, 2.05) is 6.07 Å². The van der Waals surface area contributed by atoms with Crippen molar-refractivity contribution in [2.24, 2.45) is 17.8 Å². The largest absolute Gasteiger partial charge is 0.478 e. The summed E-state index contributed by atoms with van der Waals surface area (Å²) in [5.74, 6) is 1.90. The smallest absolute Gasteiger partial charge is 0.337 e. The summed E-state index contributed by atoms with van der Waals surface area (Å²) in [4.78, 5) is 11.4. The van der Waals surface area contributed by atoms with Gasteiger partial charge in [0.25, 0.3) is 0 Å². The van der Waals surface area contributed by atoms with Gasteiger partial charge in [0, 0.05) is 17.4 Å². The van der Waals surface area contributed by atoms with Crippen LogP contribution in [0.25, 0.3) is 0 Å². The molecule has 0 amide bonds. The normalized spacial score (nSPS) is 38.4. The van der Waals surface area contributed by atoms with E-state index in [0.717, 1.165) is 29.9 Å². The van der Waals surface area contributed by atoms with Gasteiger partial charge in [0.1, 0.15) is 0 Å². The highest BCUT2D eigenvalue weighted by Gasteiger charge is 2.52. The van der Waals surface area contributed by atoms with E-state index >= 15 is 0 Å². The highest BCUT2D eigenvalue weighted by molar-refractivity contribution is 5.89. The number of aromatic nitrogens is 1. The van der Waals surface area contributed by atoms with Crippen LogP contribution < -0.4 is 0 Å². The lowest BCUT2D eigenvalue weighted by Gasteiger charge is -2.57. The molecule has 3 heteroatoms. The van der Waals surface area contributed by atoms with Gasteiger partial charge in [0.15, 0.2) is 0 Å². The molecular weight excluding hydrogens is 250 g/mol. The van der Waals surface area contributed by atoms with Crippen LogP contribution in [-0.2, 0) is 12.0 Å². The zero-order valence-corrected chi connectivity index (χ0v) is 12.1. The van der Waals surface area contributed by atoms with E-state index in [-0.39, 0.29) is 5.54 Å². The molecule has 0 saturated heterocycles. The van der Waals surface area contributed by atoms with Crippen LogP contribution in [-0.4, -0.2) is 15.6 Å². The lowest BCUT2D eigenvalue weighted by Crippen LogP contribution is -2.52. The van der Waals surface area contributed by atoms with E-state index in [1.54, 1.807) is 0 Å². The fourth-order valence-corrected chi connectivity index (χ4v) is 5.82. The molecule has 3 nitrogen and oxygen atoms in total. The SMILES string of the molecule is CCc1c(C(=O)O)ccn1C12CC3CC(CC(C3)C1)C2. The number of aromatic carboxylic acids is 1. The minimum absolute atomic E-state index is 0.244. The van der Waals surface area contributed by atoms with Crippen molar-refractivity contribution in [1.82, 2.24) is 4.57 Å². The van der Waals surface area contributed by atoms with Gasteiger partial charge in [-0.3, -0.25) is 0 Å². The number of nitrogens with zero attached hydrogens (tertiary/aromatic N) is 1. The van der Waals surface area contributed by atoms with Crippen LogP contribution in [0.2, 0.25) is 0 Å². The first-order valence-corrected chi connectivity index (χ1v) is 8.05. The van der Waals surface area contributed by atoms with Crippen molar-refractivity contribution in [3.05, 3.63) is 23.5 Å². The van der Waals surface area contributed by atoms with Gasteiger partial charge in [-0.05, 0) is 68.8 Å². The Hall–Kier alpha value is -1.25. The minimum Gasteiger partial charge on any atom is -0.478 e. The van der Waals surface area contributed by atoms with Crippen LogP contribution in [0.15, 0.2) is 12.3 Å². The van der Waals surface area contributed by atoms with Crippen LogP contribution >= 0.6 is 0 Å². The first-order valence-electron chi connectivity index (χ1n) is 8.05. The molecule has 0 unspecified atom stereocenters. The maximum absolute atomic E-state index is 11.4. The van der Waals surface area contributed by atoms with E-state index in [4.69, 9.17) is 0 Å². The fourth-order valence-electron chi connectivity index (χ4n) is 5.82. The van der Waals surface area contributed by atoms with Crippen LogP contribution in [0, 0.1) is 17.8 Å². The van der Waals surface area contributed by atoms with Crippen molar-refractivity contribution in [3.63, 3.8) is 0 Å². The summed E-state index contributed by atoms with van der Waals surface area (Å²) in [6.45, 7) is 2.08. The molecule has 4 bridgehead atoms. The van der Waals surface area contributed by atoms with Crippen molar-refractivity contribution in [1.29, 1.82) is 0 Å². The second-order valence-corrected chi connectivity index (χ2v) is 7.35. The topological polar surface area (TPSA) is 42.2 Å².